The van der Waals surface area contributed by atoms with Crippen molar-refractivity contribution in [1.29, 1.82) is 0 Å². The van der Waals surface area contributed by atoms with Crippen LogP contribution >= 0.6 is 22.6 Å². The van der Waals surface area contributed by atoms with E-state index in [1.165, 1.54) is 5.56 Å². The molecular weight excluding hydrogens is 375 g/mol. The van der Waals surface area contributed by atoms with Crippen molar-refractivity contribution in [3.63, 3.8) is 0 Å². The minimum atomic E-state index is 0.398. The Morgan fingerprint density at radius 1 is 1.10 bits per heavy atom. The van der Waals surface area contributed by atoms with Gasteiger partial charge in [0, 0.05) is 12.6 Å². The van der Waals surface area contributed by atoms with E-state index in [0.29, 0.717) is 6.04 Å². The Hall–Kier alpha value is -0.850. The first-order chi connectivity index (χ1) is 10.2. The Balaban J connectivity index is 1.99. The van der Waals surface area contributed by atoms with Crippen LogP contribution in [0.3, 0.4) is 0 Å². The zero-order chi connectivity index (χ0) is 15.1. The van der Waals surface area contributed by atoms with Crippen LogP contribution in [0.25, 0.3) is 0 Å². The summed E-state index contributed by atoms with van der Waals surface area (Å²) in [6, 6.07) is 15.1. The number of nitrogens with zero attached hydrogens (tertiary/aromatic N) is 1. The molecule has 2 aromatic rings. The van der Waals surface area contributed by atoms with Gasteiger partial charge in [0.15, 0.2) is 3.77 Å². The Labute approximate surface area is 140 Å². The van der Waals surface area contributed by atoms with E-state index in [-0.39, 0.29) is 0 Å². The van der Waals surface area contributed by atoms with Gasteiger partial charge in [-0.2, -0.15) is 0 Å². The van der Waals surface area contributed by atoms with Crippen molar-refractivity contribution in [2.75, 3.05) is 19.6 Å². The molecule has 1 aromatic heterocycles. The molecule has 1 aromatic carbocycles. The number of rotatable bonds is 8. The number of benzene rings is 1. The topological polar surface area (TPSA) is 28.4 Å². The van der Waals surface area contributed by atoms with E-state index in [1.54, 1.807) is 0 Å². The number of nitrogens with one attached hydrogen (secondary N) is 1. The van der Waals surface area contributed by atoms with Crippen molar-refractivity contribution in [3.8, 4) is 0 Å². The minimum absolute atomic E-state index is 0.398. The maximum Gasteiger partial charge on any atom is 0.164 e. The van der Waals surface area contributed by atoms with Crippen LogP contribution < -0.4 is 5.32 Å². The smallest absolute Gasteiger partial charge is 0.164 e. The van der Waals surface area contributed by atoms with Gasteiger partial charge in [-0.1, -0.05) is 44.2 Å². The molecule has 3 nitrogen and oxygen atoms in total. The van der Waals surface area contributed by atoms with Crippen molar-refractivity contribution < 1.29 is 4.42 Å². The van der Waals surface area contributed by atoms with E-state index >= 15 is 0 Å². The standard InChI is InChI=1S/C17H23IN2O/c1-3-20(4-2)16(14-8-6-5-7-9-14)13-19-12-15-10-11-17(18)21-15/h5-11,16,19H,3-4,12-13H2,1-2H3. The zero-order valence-electron chi connectivity index (χ0n) is 12.7. The molecule has 114 valence electrons. The molecule has 1 heterocycles. The molecule has 1 unspecified atom stereocenters. The van der Waals surface area contributed by atoms with E-state index in [1.807, 2.05) is 12.1 Å². The van der Waals surface area contributed by atoms with Gasteiger partial charge in [-0.25, -0.2) is 0 Å². The number of likely N-dealkylation sites (N-methyl/N-ethyl adjacent to an activating group) is 1. The van der Waals surface area contributed by atoms with E-state index < -0.39 is 0 Å². The van der Waals surface area contributed by atoms with Crippen LogP contribution in [0.4, 0.5) is 0 Å². The summed E-state index contributed by atoms with van der Waals surface area (Å²) in [7, 11) is 0. The van der Waals surface area contributed by atoms with E-state index in [2.05, 4.69) is 77.0 Å². The van der Waals surface area contributed by atoms with Crippen molar-refractivity contribution >= 4 is 22.6 Å². The van der Waals surface area contributed by atoms with E-state index in [0.717, 1.165) is 35.7 Å². The van der Waals surface area contributed by atoms with Crippen LogP contribution in [0, 0.1) is 3.77 Å². The van der Waals surface area contributed by atoms with Gasteiger partial charge in [-0.3, -0.25) is 4.90 Å². The van der Waals surface area contributed by atoms with Crippen LogP contribution in [0.2, 0.25) is 0 Å². The summed E-state index contributed by atoms with van der Waals surface area (Å²) in [6.07, 6.45) is 0. The second-order valence-corrected chi connectivity index (χ2v) is 6.05. The molecule has 0 radical (unpaired) electrons. The van der Waals surface area contributed by atoms with Gasteiger partial charge in [-0.15, -0.1) is 0 Å². The molecule has 0 aliphatic heterocycles. The van der Waals surface area contributed by atoms with Crippen molar-refractivity contribution in [1.82, 2.24) is 10.2 Å². The van der Waals surface area contributed by atoms with Gasteiger partial charge >= 0.3 is 0 Å². The fraction of sp³-hybridized carbons (Fsp3) is 0.412. The number of hydrogen-bond donors (Lipinski definition) is 1. The molecule has 4 heteroatoms. The molecule has 0 aliphatic rings. The van der Waals surface area contributed by atoms with E-state index in [9.17, 15) is 0 Å². The lowest BCUT2D eigenvalue weighted by Crippen LogP contribution is -2.35. The van der Waals surface area contributed by atoms with Gasteiger partial charge in [0.2, 0.25) is 0 Å². The lowest BCUT2D eigenvalue weighted by Gasteiger charge is -2.30. The van der Waals surface area contributed by atoms with Crippen molar-refractivity contribution in [2.24, 2.45) is 0 Å². The first-order valence-electron chi connectivity index (χ1n) is 7.48. The summed E-state index contributed by atoms with van der Waals surface area (Å²) < 4.78 is 6.53. The average molecular weight is 398 g/mol. The summed E-state index contributed by atoms with van der Waals surface area (Å²) in [5, 5.41) is 3.52. The Morgan fingerprint density at radius 3 is 2.38 bits per heavy atom. The second kappa shape index (κ2) is 8.56. The largest absolute Gasteiger partial charge is 0.454 e. The van der Waals surface area contributed by atoms with Gasteiger partial charge in [0.1, 0.15) is 5.76 Å². The van der Waals surface area contributed by atoms with Crippen molar-refractivity contribution in [3.05, 3.63) is 57.6 Å². The van der Waals surface area contributed by atoms with Crippen LogP contribution in [0.5, 0.6) is 0 Å². The molecule has 0 saturated heterocycles. The molecule has 0 spiro atoms. The predicted molar refractivity (Wildman–Crippen MR) is 95.2 cm³/mol. The first-order valence-corrected chi connectivity index (χ1v) is 8.56. The SMILES string of the molecule is CCN(CC)C(CNCc1ccc(I)o1)c1ccccc1. The summed E-state index contributed by atoms with van der Waals surface area (Å²) in [4.78, 5) is 2.48. The molecule has 0 bridgehead atoms. The molecule has 0 amide bonds. The highest BCUT2D eigenvalue weighted by atomic mass is 127. The van der Waals surface area contributed by atoms with E-state index in [4.69, 9.17) is 4.42 Å². The second-order valence-electron chi connectivity index (χ2n) is 4.98. The fourth-order valence-corrected chi connectivity index (χ4v) is 3.04. The Bertz CT molecular complexity index is 523. The van der Waals surface area contributed by atoms with Crippen LogP contribution in [-0.4, -0.2) is 24.5 Å². The lowest BCUT2D eigenvalue weighted by atomic mass is 10.1. The maximum absolute atomic E-state index is 5.59. The molecule has 0 aliphatic carbocycles. The van der Waals surface area contributed by atoms with Gasteiger partial charge in [0.05, 0.1) is 6.54 Å². The molecule has 2 rings (SSSR count). The number of furan rings is 1. The van der Waals surface area contributed by atoms with Gasteiger partial charge < -0.3 is 9.73 Å². The molecule has 1 N–H and O–H groups in total. The maximum atomic E-state index is 5.59. The highest BCUT2D eigenvalue weighted by Gasteiger charge is 2.17. The zero-order valence-corrected chi connectivity index (χ0v) is 14.8. The van der Waals surface area contributed by atoms with Gasteiger partial charge in [0.25, 0.3) is 0 Å². The molecule has 21 heavy (non-hydrogen) atoms. The third-order valence-electron chi connectivity index (χ3n) is 3.70. The highest BCUT2D eigenvalue weighted by Crippen LogP contribution is 2.19. The third-order valence-corrected chi connectivity index (χ3v) is 4.28. The number of hydrogen-bond acceptors (Lipinski definition) is 3. The van der Waals surface area contributed by atoms with Crippen LogP contribution in [0.1, 0.15) is 31.2 Å². The average Bonchev–Trinajstić information content (AvgIpc) is 2.93. The minimum Gasteiger partial charge on any atom is -0.454 e. The summed E-state index contributed by atoms with van der Waals surface area (Å²) in [6.45, 7) is 8.23. The van der Waals surface area contributed by atoms with Crippen molar-refractivity contribution in [2.45, 2.75) is 26.4 Å². The first kappa shape index (κ1) is 16.5. The summed E-state index contributed by atoms with van der Waals surface area (Å²) in [5.74, 6) is 0.991. The lowest BCUT2D eigenvalue weighted by molar-refractivity contribution is 0.212. The van der Waals surface area contributed by atoms with Gasteiger partial charge in [-0.05, 0) is 53.4 Å². The summed E-state index contributed by atoms with van der Waals surface area (Å²) in [5.41, 5.74) is 1.36. The molecule has 0 fully saturated rings. The molecule has 0 saturated carbocycles. The predicted octanol–water partition coefficient (Wildman–Crippen LogP) is 4.06. The third kappa shape index (κ3) is 4.83. The quantitative estimate of drug-likeness (QED) is 0.680. The molecular formula is C17H23IN2O. The summed E-state index contributed by atoms with van der Waals surface area (Å²) >= 11 is 2.20. The fourth-order valence-electron chi connectivity index (χ4n) is 2.58. The monoisotopic (exact) mass is 398 g/mol. The Morgan fingerprint density at radius 2 is 1.81 bits per heavy atom. The highest BCUT2D eigenvalue weighted by molar-refractivity contribution is 14.1. The van der Waals surface area contributed by atoms with Crippen LogP contribution in [0.15, 0.2) is 46.9 Å². The van der Waals surface area contributed by atoms with Crippen LogP contribution in [-0.2, 0) is 6.54 Å². The molecule has 1 atom stereocenters. The Kier molecular flexibility index (Phi) is 6.73. The number of halogens is 1. The normalized spacial score (nSPS) is 12.8.